The molecule has 4 aromatic rings. The normalized spacial score (nSPS) is 15.5. The average molecular weight is 655 g/mol. The van der Waals surface area contributed by atoms with Crippen LogP contribution in [0.5, 0.6) is 23.5 Å². The summed E-state index contributed by atoms with van der Waals surface area (Å²) in [6.07, 6.45) is 3.91. The van der Waals surface area contributed by atoms with Gasteiger partial charge in [0, 0.05) is 47.4 Å². The van der Waals surface area contributed by atoms with E-state index in [4.69, 9.17) is 18.9 Å². The molecule has 2 aliphatic rings. The molecule has 0 saturated heterocycles. The monoisotopic (exact) mass is 654 g/mol. The molecule has 0 atom stereocenters. The van der Waals surface area contributed by atoms with Gasteiger partial charge in [-0.2, -0.15) is 9.97 Å². The molecule has 0 unspecified atom stereocenters. The number of methoxy groups -OCH3 is 2. The first-order valence-electron chi connectivity index (χ1n) is 16.5. The van der Waals surface area contributed by atoms with Crippen molar-refractivity contribution in [3.05, 3.63) is 94.0 Å². The maximum Gasteiger partial charge on any atom is 0.220 e. The van der Waals surface area contributed by atoms with Gasteiger partial charge < -0.3 is 39.8 Å². The Labute approximate surface area is 282 Å². The first-order chi connectivity index (χ1) is 23.3. The Morgan fingerprint density at radius 3 is 1.38 bits per heavy atom. The van der Waals surface area contributed by atoms with Crippen molar-refractivity contribution in [3.63, 3.8) is 0 Å². The highest BCUT2D eigenvalue weighted by atomic mass is 16.5. The molecule has 2 saturated carbocycles. The molecule has 2 aromatic carbocycles. The Morgan fingerprint density at radius 2 is 1.02 bits per heavy atom. The summed E-state index contributed by atoms with van der Waals surface area (Å²) in [5, 5.41) is 26.1. The number of benzene rings is 2. The highest BCUT2D eigenvalue weighted by Crippen LogP contribution is 2.37. The maximum absolute atomic E-state index is 9.61. The molecule has 2 heterocycles. The summed E-state index contributed by atoms with van der Waals surface area (Å²) in [6, 6.07) is 20.2. The minimum atomic E-state index is -0.162. The van der Waals surface area contributed by atoms with Gasteiger partial charge in [0.25, 0.3) is 0 Å². The molecule has 10 nitrogen and oxygen atoms in total. The van der Waals surface area contributed by atoms with E-state index < -0.39 is 0 Å². The Hall–Kier alpha value is -4.22. The highest BCUT2D eigenvalue weighted by molar-refractivity contribution is 5.72. The summed E-state index contributed by atoms with van der Waals surface area (Å²) in [5.41, 5.74) is 8.19. The molecule has 0 amide bonds. The summed E-state index contributed by atoms with van der Waals surface area (Å²) in [6.45, 7) is 6.37. The number of ether oxygens (including phenoxy) is 4. The molecule has 2 fully saturated rings. The van der Waals surface area contributed by atoms with Crippen molar-refractivity contribution in [3.8, 4) is 34.6 Å². The zero-order valence-corrected chi connectivity index (χ0v) is 28.3. The fourth-order valence-electron chi connectivity index (χ4n) is 5.90. The molecule has 6 rings (SSSR count). The maximum atomic E-state index is 9.61. The second-order valence-corrected chi connectivity index (χ2v) is 13.0. The summed E-state index contributed by atoms with van der Waals surface area (Å²) in [4.78, 5) is 9.18. The SMILES string of the molecule is COc1nc(OCc2cccc(-c3cccc(COc4ccc(CNC5(CO)CC5)c(OC)n4)c3C)c2C)ccc1CNC1(CO)CC1. The van der Waals surface area contributed by atoms with Crippen LogP contribution in [-0.4, -0.2) is 58.7 Å². The second kappa shape index (κ2) is 14.5. The van der Waals surface area contributed by atoms with Gasteiger partial charge in [-0.15, -0.1) is 0 Å². The van der Waals surface area contributed by atoms with Gasteiger partial charge in [0.15, 0.2) is 0 Å². The molecule has 0 spiro atoms. The minimum absolute atomic E-state index is 0.133. The van der Waals surface area contributed by atoms with Crippen LogP contribution in [0.2, 0.25) is 0 Å². The van der Waals surface area contributed by atoms with Crippen molar-refractivity contribution >= 4 is 0 Å². The second-order valence-electron chi connectivity index (χ2n) is 13.0. The van der Waals surface area contributed by atoms with Crippen LogP contribution in [0.3, 0.4) is 0 Å². The number of nitrogens with zero attached hydrogens (tertiary/aromatic N) is 2. The third kappa shape index (κ3) is 7.57. The zero-order chi connectivity index (χ0) is 33.7. The van der Waals surface area contributed by atoms with Gasteiger partial charge in [-0.1, -0.05) is 36.4 Å². The van der Waals surface area contributed by atoms with Crippen molar-refractivity contribution in [2.24, 2.45) is 0 Å². The lowest BCUT2D eigenvalue weighted by Crippen LogP contribution is -2.34. The Kier molecular flexibility index (Phi) is 10.2. The lowest BCUT2D eigenvalue weighted by molar-refractivity contribution is 0.229. The fraction of sp³-hybridized carbons (Fsp3) is 0.421. The quantitative estimate of drug-likeness (QED) is 0.121. The van der Waals surface area contributed by atoms with Crippen molar-refractivity contribution < 1.29 is 29.2 Å². The third-order valence-electron chi connectivity index (χ3n) is 9.77. The van der Waals surface area contributed by atoms with Crippen LogP contribution >= 0.6 is 0 Å². The molecule has 48 heavy (non-hydrogen) atoms. The number of hydrogen-bond acceptors (Lipinski definition) is 10. The topological polar surface area (TPSA) is 127 Å². The van der Waals surface area contributed by atoms with Crippen molar-refractivity contribution in [1.29, 1.82) is 0 Å². The lowest BCUT2D eigenvalue weighted by atomic mass is 9.92. The predicted octanol–water partition coefficient (Wildman–Crippen LogP) is 5.16. The number of aromatic nitrogens is 2. The number of rotatable bonds is 17. The average Bonchev–Trinajstić information content (AvgIpc) is 4.06. The van der Waals surface area contributed by atoms with Crippen LogP contribution in [0.4, 0.5) is 0 Å². The highest BCUT2D eigenvalue weighted by Gasteiger charge is 2.42. The summed E-state index contributed by atoms with van der Waals surface area (Å²) in [5.74, 6) is 2.01. The van der Waals surface area contributed by atoms with Gasteiger partial charge in [-0.05, 0) is 85.0 Å². The molecular weight excluding hydrogens is 608 g/mol. The van der Waals surface area contributed by atoms with Gasteiger partial charge in [0.05, 0.1) is 27.4 Å². The van der Waals surface area contributed by atoms with E-state index in [0.717, 1.165) is 70.2 Å². The summed E-state index contributed by atoms with van der Waals surface area (Å²) >= 11 is 0. The van der Waals surface area contributed by atoms with E-state index in [0.29, 0.717) is 49.8 Å². The molecule has 0 bridgehead atoms. The lowest BCUT2D eigenvalue weighted by Gasteiger charge is -2.18. The van der Waals surface area contributed by atoms with Gasteiger partial charge in [0.2, 0.25) is 23.5 Å². The summed E-state index contributed by atoms with van der Waals surface area (Å²) in [7, 11) is 3.21. The molecule has 2 aromatic heterocycles. The van der Waals surface area contributed by atoms with Gasteiger partial charge in [0.1, 0.15) is 13.2 Å². The summed E-state index contributed by atoms with van der Waals surface area (Å²) < 4.78 is 23.4. The van der Waals surface area contributed by atoms with Gasteiger partial charge in [-0.25, -0.2) is 0 Å². The van der Waals surface area contributed by atoms with Crippen molar-refractivity contribution in [1.82, 2.24) is 20.6 Å². The largest absolute Gasteiger partial charge is 0.481 e. The third-order valence-corrected chi connectivity index (χ3v) is 9.77. The van der Waals surface area contributed by atoms with Crippen LogP contribution in [-0.2, 0) is 26.3 Å². The first kappa shape index (κ1) is 33.7. The number of nitrogens with one attached hydrogen (secondary N) is 2. The molecule has 254 valence electrons. The Morgan fingerprint density at radius 1 is 0.604 bits per heavy atom. The number of aliphatic hydroxyl groups excluding tert-OH is 2. The number of aliphatic hydroxyl groups is 2. The van der Waals surface area contributed by atoms with Crippen LogP contribution in [0.15, 0.2) is 60.7 Å². The standard InChI is InChI=1S/C38H46N4O6/c1-25-29(21-47-33-13-11-27(35(41-33)45-3)19-39-37(23-43)15-16-37)7-5-9-31(25)32-10-6-8-30(26(32)2)22-48-34-14-12-28(36(42-34)46-4)20-40-38(24-44)17-18-38/h5-14,39-40,43-44H,15-24H2,1-4H3. The van der Waals surface area contributed by atoms with E-state index in [2.05, 4.69) is 70.8 Å². The van der Waals surface area contributed by atoms with E-state index in [1.54, 1.807) is 14.2 Å². The van der Waals surface area contributed by atoms with E-state index in [-0.39, 0.29) is 24.3 Å². The first-order valence-corrected chi connectivity index (χ1v) is 16.5. The molecule has 0 radical (unpaired) electrons. The van der Waals surface area contributed by atoms with Crippen LogP contribution in [0.1, 0.15) is 59.1 Å². The van der Waals surface area contributed by atoms with Crippen molar-refractivity contribution in [2.75, 3.05) is 27.4 Å². The van der Waals surface area contributed by atoms with Crippen LogP contribution in [0, 0.1) is 13.8 Å². The van der Waals surface area contributed by atoms with E-state index in [1.807, 2.05) is 24.3 Å². The van der Waals surface area contributed by atoms with Crippen LogP contribution in [0.25, 0.3) is 11.1 Å². The molecule has 0 aliphatic heterocycles. The Balaban J connectivity index is 1.10. The zero-order valence-electron chi connectivity index (χ0n) is 28.3. The van der Waals surface area contributed by atoms with Gasteiger partial charge in [-0.3, -0.25) is 0 Å². The number of hydrogen-bond donors (Lipinski definition) is 4. The smallest absolute Gasteiger partial charge is 0.220 e. The molecule has 4 N–H and O–H groups in total. The van der Waals surface area contributed by atoms with Crippen LogP contribution < -0.4 is 29.6 Å². The fourth-order valence-corrected chi connectivity index (χ4v) is 5.90. The molecule has 2 aliphatic carbocycles. The van der Waals surface area contributed by atoms with Gasteiger partial charge >= 0.3 is 0 Å². The minimum Gasteiger partial charge on any atom is -0.481 e. The molecule has 10 heteroatoms. The molecular formula is C38H46N4O6. The Bertz CT molecular complexity index is 1610. The predicted molar refractivity (Wildman–Crippen MR) is 183 cm³/mol. The van der Waals surface area contributed by atoms with E-state index in [9.17, 15) is 10.2 Å². The van der Waals surface area contributed by atoms with E-state index in [1.165, 1.54) is 0 Å². The number of pyridine rings is 2. The van der Waals surface area contributed by atoms with E-state index >= 15 is 0 Å². The van der Waals surface area contributed by atoms with Crippen molar-refractivity contribution in [2.45, 2.75) is 76.9 Å².